The number of carbonyl (C=O) groups excluding carboxylic acids is 2. The number of rotatable bonds is 6. The molecule has 1 aromatic carbocycles. The van der Waals surface area contributed by atoms with Gasteiger partial charge in [0.2, 0.25) is 0 Å². The zero-order valence-electron chi connectivity index (χ0n) is 15.7. The van der Waals surface area contributed by atoms with E-state index < -0.39 is 11.9 Å². The fraction of sp³-hybridized carbons (Fsp3) is 0.500. The van der Waals surface area contributed by atoms with Gasteiger partial charge in [0.25, 0.3) is 0 Å². The van der Waals surface area contributed by atoms with Crippen LogP contribution in [0.25, 0.3) is 0 Å². The molecule has 0 aromatic heterocycles. The van der Waals surface area contributed by atoms with Gasteiger partial charge >= 0.3 is 11.9 Å². The Hall–Kier alpha value is -2.10. The van der Waals surface area contributed by atoms with Crippen LogP contribution in [0.15, 0.2) is 36.4 Å². The van der Waals surface area contributed by atoms with Gasteiger partial charge in [-0.1, -0.05) is 69.7 Å². The first kappa shape index (κ1) is 21.9. The number of hydrogen-bond acceptors (Lipinski definition) is 4. The minimum Gasteiger partial charge on any atom is -0.462 e. The van der Waals surface area contributed by atoms with Gasteiger partial charge in [-0.3, -0.25) is 0 Å². The summed E-state index contributed by atoms with van der Waals surface area (Å²) in [6, 6.07) is 8.45. The van der Waals surface area contributed by atoms with Crippen LogP contribution in [0.2, 0.25) is 0 Å². The van der Waals surface area contributed by atoms with Crippen molar-refractivity contribution in [2.45, 2.75) is 41.5 Å². The maximum absolute atomic E-state index is 11.3. The van der Waals surface area contributed by atoms with Crippen molar-refractivity contribution in [3.63, 3.8) is 0 Å². The van der Waals surface area contributed by atoms with Crippen molar-refractivity contribution in [2.75, 3.05) is 13.2 Å². The average molecular weight is 334 g/mol. The first-order valence-corrected chi connectivity index (χ1v) is 8.19. The van der Waals surface area contributed by atoms with Crippen LogP contribution in [-0.4, -0.2) is 25.2 Å². The molecule has 0 bridgehead atoms. The largest absolute Gasteiger partial charge is 0.462 e. The summed E-state index contributed by atoms with van der Waals surface area (Å²) in [4.78, 5) is 22.6. The van der Waals surface area contributed by atoms with E-state index in [2.05, 4.69) is 44.7 Å². The van der Waals surface area contributed by atoms with Crippen LogP contribution in [0.1, 0.15) is 38.8 Å². The minimum atomic E-state index is -0.706. The molecule has 0 aliphatic rings. The van der Waals surface area contributed by atoms with Crippen LogP contribution >= 0.6 is 0 Å². The van der Waals surface area contributed by atoms with Gasteiger partial charge in [-0.25, -0.2) is 9.59 Å². The number of aryl methyl sites for hydroxylation is 2. The molecule has 4 heteroatoms. The first-order valence-electron chi connectivity index (χ1n) is 8.19. The quantitative estimate of drug-likeness (QED) is 0.338. The lowest BCUT2D eigenvalue weighted by molar-refractivity contribution is -0.148. The third-order valence-electron chi connectivity index (χ3n) is 2.76. The van der Waals surface area contributed by atoms with Crippen LogP contribution in [0.4, 0.5) is 0 Å². The van der Waals surface area contributed by atoms with Crippen LogP contribution in [0, 0.1) is 25.7 Å². The van der Waals surface area contributed by atoms with Crippen LogP contribution in [0.3, 0.4) is 0 Å². The highest BCUT2D eigenvalue weighted by atomic mass is 16.6. The van der Waals surface area contributed by atoms with Gasteiger partial charge in [-0.2, -0.15) is 0 Å². The van der Waals surface area contributed by atoms with Crippen molar-refractivity contribution in [1.82, 2.24) is 0 Å². The van der Waals surface area contributed by atoms with E-state index in [-0.39, 0.29) is 30.6 Å². The average Bonchev–Trinajstić information content (AvgIpc) is 2.49. The highest BCUT2D eigenvalue weighted by molar-refractivity contribution is 6.13. The molecule has 0 saturated heterocycles. The number of benzene rings is 1. The lowest BCUT2D eigenvalue weighted by Crippen LogP contribution is -2.20. The molecule has 0 fully saturated rings. The SMILES string of the molecule is C=C(C(=O)OCC(C)C)C(=O)OCC(C)C.Cc1cccc(C)c1. The van der Waals surface area contributed by atoms with E-state index in [0.29, 0.717) is 0 Å². The van der Waals surface area contributed by atoms with Crippen molar-refractivity contribution < 1.29 is 19.1 Å². The van der Waals surface area contributed by atoms with Crippen LogP contribution in [0.5, 0.6) is 0 Å². The Morgan fingerprint density at radius 2 is 1.29 bits per heavy atom. The Kier molecular flexibility index (Phi) is 10.4. The van der Waals surface area contributed by atoms with Gasteiger partial charge in [0.15, 0.2) is 0 Å². The molecule has 0 N–H and O–H groups in total. The monoisotopic (exact) mass is 334 g/mol. The maximum atomic E-state index is 11.3. The van der Waals surface area contributed by atoms with Crippen LogP contribution in [-0.2, 0) is 19.1 Å². The maximum Gasteiger partial charge on any atom is 0.344 e. The Labute approximate surface area is 145 Å². The number of carbonyl (C=O) groups is 2. The summed E-state index contributed by atoms with van der Waals surface area (Å²) < 4.78 is 9.71. The molecule has 0 spiro atoms. The summed E-state index contributed by atoms with van der Waals surface area (Å²) >= 11 is 0. The highest BCUT2D eigenvalue weighted by Gasteiger charge is 2.19. The molecule has 0 unspecified atom stereocenters. The molecular weight excluding hydrogens is 304 g/mol. The zero-order valence-corrected chi connectivity index (χ0v) is 15.7. The second kappa shape index (κ2) is 11.4. The molecule has 4 nitrogen and oxygen atoms in total. The lowest BCUT2D eigenvalue weighted by Gasteiger charge is -2.10. The second-order valence-electron chi connectivity index (χ2n) is 6.62. The smallest absolute Gasteiger partial charge is 0.344 e. The molecular formula is C20H30O4. The van der Waals surface area contributed by atoms with Gasteiger partial charge < -0.3 is 9.47 Å². The van der Waals surface area contributed by atoms with E-state index in [4.69, 9.17) is 9.47 Å². The highest BCUT2D eigenvalue weighted by Crippen LogP contribution is 2.03. The summed E-state index contributed by atoms with van der Waals surface area (Å²) in [5.74, 6) is -0.961. The zero-order chi connectivity index (χ0) is 18.7. The first-order chi connectivity index (χ1) is 11.1. The van der Waals surface area contributed by atoms with Crippen LogP contribution < -0.4 is 0 Å². The fourth-order valence-corrected chi connectivity index (χ4v) is 1.55. The van der Waals surface area contributed by atoms with Crippen molar-refractivity contribution in [3.8, 4) is 0 Å². The van der Waals surface area contributed by atoms with E-state index in [9.17, 15) is 9.59 Å². The van der Waals surface area contributed by atoms with E-state index in [1.54, 1.807) is 0 Å². The van der Waals surface area contributed by atoms with Crippen molar-refractivity contribution in [1.29, 1.82) is 0 Å². The minimum absolute atomic E-state index is 0.225. The molecule has 0 heterocycles. The molecule has 1 aromatic rings. The van der Waals surface area contributed by atoms with E-state index in [0.717, 1.165) is 0 Å². The predicted octanol–water partition coefficient (Wildman–Crippen LogP) is 4.24. The molecule has 1 rings (SSSR count). The Bertz CT molecular complexity index is 501. The van der Waals surface area contributed by atoms with Gasteiger partial charge in [0.05, 0.1) is 13.2 Å². The second-order valence-corrected chi connectivity index (χ2v) is 6.62. The van der Waals surface area contributed by atoms with Crippen molar-refractivity contribution >= 4 is 11.9 Å². The molecule has 0 aliphatic carbocycles. The molecule has 0 amide bonds. The molecule has 0 aliphatic heterocycles. The molecule has 134 valence electrons. The van der Waals surface area contributed by atoms with Gasteiger partial charge in [-0.05, 0) is 25.7 Å². The Balaban J connectivity index is 0.000000546. The van der Waals surface area contributed by atoms with Gasteiger partial charge in [0.1, 0.15) is 5.57 Å². The molecule has 0 atom stereocenters. The summed E-state index contributed by atoms with van der Waals surface area (Å²) in [6.07, 6.45) is 0. The third kappa shape index (κ3) is 10.6. The predicted molar refractivity (Wildman–Crippen MR) is 96.7 cm³/mol. The van der Waals surface area contributed by atoms with Crippen molar-refractivity contribution in [2.24, 2.45) is 11.8 Å². The standard InChI is InChI=1S/C12H20O4.C8H10/c1-8(2)6-15-11(13)10(5)12(14)16-7-9(3)4;1-7-4-3-5-8(2)6-7/h8-9H,5-7H2,1-4H3;3-6H,1-2H3. The number of hydrogen-bond donors (Lipinski definition) is 0. The Morgan fingerprint density at radius 1 is 0.917 bits per heavy atom. The summed E-state index contributed by atoms with van der Waals surface area (Å²) in [6.45, 7) is 15.8. The summed E-state index contributed by atoms with van der Waals surface area (Å²) in [5, 5.41) is 0. The topological polar surface area (TPSA) is 52.6 Å². The fourth-order valence-electron chi connectivity index (χ4n) is 1.55. The van der Waals surface area contributed by atoms with Crippen molar-refractivity contribution in [3.05, 3.63) is 47.5 Å². The molecule has 24 heavy (non-hydrogen) atoms. The summed E-state index contributed by atoms with van der Waals surface area (Å²) in [7, 11) is 0. The van der Waals surface area contributed by atoms with Gasteiger partial charge in [-0.15, -0.1) is 0 Å². The van der Waals surface area contributed by atoms with E-state index in [1.165, 1.54) is 11.1 Å². The molecule has 0 saturated carbocycles. The Morgan fingerprint density at radius 3 is 1.54 bits per heavy atom. The summed E-state index contributed by atoms with van der Waals surface area (Å²) in [5.41, 5.74) is 2.43. The normalized spacial score (nSPS) is 10.0. The van der Waals surface area contributed by atoms with Gasteiger partial charge in [0, 0.05) is 0 Å². The van der Waals surface area contributed by atoms with E-state index in [1.807, 2.05) is 27.7 Å². The number of esters is 2. The molecule has 0 radical (unpaired) electrons. The lowest BCUT2D eigenvalue weighted by atomic mass is 10.2. The third-order valence-corrected chi connectivity index (χ3v) is 2.76. The van der Waals surface area contributed by atoms with E-state index >= 15 is 0 Å². The number of ether oxygens (including phenoxy) is 2.